The Morgan fingerprint density at radius 2 is 1.95 bits per heavy atom. The topological polar surface area (TPSA) is 55.8 Å². The highest BCUT2D eigenvalue weighted by Gasteiger charge is 2.32. The summed E-state index contributed by atoms with van der Waals surface area (Å²) in [4.78, 5) is 25.2. The largest absolute Gasteiger partial charge is 0.469 e. The number of nitrogens with zero attached hydrogens (tertiary/aromatic N) is 1. The van der Waals surface area contributed by atoms with Gasteiger partial charge in [-0.3, -0.25) is 9.59 Å². The number of hydrogen-bond acceptors (Lipinski definition) is 4. The van der Waals surface area contributed by atoms with Gasteiger partial charge in [0.25, 0.3) is 5.91 Å². The number of ether oxygens (including phenoxy) is 2. The van der Waals surface area contributed by atoms with E-state index in [0.717, 1.165) is 0 Å². The lowest BCUT2D eigenvalue weighted by Gasteiger charge is -2.16. The summed E-state index contributed by atoms with van der Waals surface area (Å²) < 4.78 is 32.9. The zero-order chi connectivity index (χ0) is 15.4. The molecule has 1 unspecified atom stereocenters. The third kappa shape index (κ3) is 3.68. The minimum atomic E-state index is -2.90. The Bertz CT molecular complexity index is 518. The molecule has 5 nitrogen and oxygen atoms in total. The summed E-state index contributed by atoms with van der Waals surface area (Å²) >= 11 is 0. The molecule has 1 saturated heterocycles. The van der Waals surface area contributed by atoms with Crippen LogP contribution in [0.3, 0.4) is 0 Å². The summed E-state index contributed by atoms with van der Waals surface area (Å²) in [5.74, 6) is -0.883. The monoisotopic (exact) mass is 299 g/mol. The summed E-state index contributed by atoms with van der Waals surface area (Å²) in [7, 11) is 1.31. The molecule has 0 aromatic heterocycles. The highest BCUT2D eigenvalue weighted by atomic mass is 19.3. The Morgan fingerprint density at radius 1 is 1.29 bits per heavy atom. The second kappa shape index (κ2) is 6.51. The Morgan fingerprint density at radius 3 is 2.52 bits per heavy atom. The van der Waals surface area contributed by atoms with Gasteiger partial charge in [0.05, 0.1) is 13.0 Å². The van der Waals surface area contributed by atoms with Crippen molar-refractivity contribution in [1.82, 2.24) is 4.90 Å². The second-order valence-corrected chi connectivity index (χ2v) is 4.66. The number of likely N-dealkylation sites (tertiary alicyclic amines) is 1. The molecule has 7 heteroatoms. The molecule has 114 valence electrons. The second-order valence-electron chi connectivity index (χ2n) is 4.66. The Balaban J connectivity index is 1.99. The first-order valence-corrected chi connectivity index (χ1v) is 6.43. The Hall–Kier alpha value is -2.18. The van der Waals surface area contributed by atoms with Gasteiger partial charge in [0.15, 0.2) is 0 Å². The number of benzene rings is 1. The van der Waals surface area contributed by atoms with Crippen LogP contribution in [0.1, 0.15) is 16.8 Å². The van der Waals surface area contributed by atoms with E-state index >= 15 is 0 Å². The van der Waals surface area contributed by atoms with Crippen LogP contribution in [0.25, 0.3) is 0 Å². The van der Waals surface area contributed by atoms with Crippen molar-refractivity contribution in [3.05, 3.63) is 29.8 Å². The summed E-state index contributed by atoms with van der Waals surface area (Å²) in [6.45, 7) is -2.12. The zero-order valence-corrected chi connectivity index (χ0v) is 11.4. The first kappa shape index (κ1) is 15.2. The van der Waals surface area contributed by atoms with Gasteiger partial charge in [0, 0.05) is 18.7 Å². The lowest BCUT2D eigenvalue weighted by Crippen LogP contribution is -2.30. The van der Waals surface area contributed by atoms with Gasteiger partial charge in [-0.05, 0) is 30.7 Å². The van der Waals surface area contributed by atoms with Gasteiger partial charge in [0.1, 0.15) is 5.75 Å². The van der Waals surface area contributed by atoms with E-state index in [4.69, 9.17) is 0 Å². The smallest absolute Gasteiger partial charge is 0.387 e. The average Bonchev–Trinajstić information content (AvgIpc) is 2.95. The number of hydrogen-bond donors (Lipinski definition) is 0. The number of amides is 1. The highest BCUT2D eigenvalue weighted by Crippen LogP contribution is 2.21. The van der Waals surface area contributed by atoms with E-state index in [0.29, 0.717) is 25.1 Å². The maximum atomic E-state index is 12.2. The van der Waals surface area contributed by atoms with Crippen LogP contribution in [0.5, 0.6) is 5.75 Å². The number of rotatable bonds is 4. The highest BCUT2D eigenvalue weighted by molar-refractivity contribution is 5.95. The fourth-order valence-corrected chi connectivity index (χ4v) is 2.27. The normalized spacial score (nSPS) is 17.9. The molecule has 21 heavy (non-hydrogen) atoms. The summed E-state index contributed by atoms with van der Waals surface area (Å²) in [5, 5.41) is 0. The third-order valence-corrected chi connectivity index (χ3v) is 3.34. The predicted molar refractivity (Wildman–Crippen MR) is 69.1 cm³/mol. The molecule has 0 aliphatic carbocycles. The Kier molecular flexibility index (Phi) is 4.72. The van der Waals surface area contributed by atoms with Crippen LogP contribution in [-0.2, 0) is 9.53 Å². The van der Waals surface area contributed by atoms with Crippen molar-refractivity contribution in [3.63, 3.8) is 0 Å². The minimum Gasteiger partial charge on any atom is -0.469 e. The van der Waals surface area contributed by atoms with Crippen LogP contribution in [0, 0.1) is 5.92 Å². The molecule has 1 fully saturated rings. The zero-order valence-electron chi connectivity index (χ0n) is 11.4. The number of alkyl halides is 2. The molecule has 1 aliphatic heterocycles. The van der Waals surface area contributed by atoms with E-state index in [-0.39, 0.29) is 23.5 Å². The SMILES string of the molecule is COC(=O)C1CCN(C(=O)c2ccc(OC(F)F)cc2)C1. The van der Waals surface area contributed by atoms with E-state index in [1.807, 2.05) is 0 Å². The number of methoxy groups -OCH3 is 1. The first-order chi connectivity index (χ1) is 10.0. The van der Waals surface area contributed by atoms with Crippen molar-refractivity contribution in [2.24, 2.45) is 5.92 Å². The lowest BCUT2D eigenvalue weighted by molar-refractivity contribution is -0.144. The van der Waals surface area contributed by atoms with E-state index in [1.54, 1.807) is 4.90 Å². The van der Waals surface area contributed by atoms with Gasteiger partial charge in [-0.25, -0.2) is 0 Å². The van der Waals surface area contributed by atoms with Gasteiger partial charge in [-0.15, -0.1) is 0 Å². The lowest BCUT2D eigenvalue weighted by atomic mass is 10.1. The number of carbonyl (C=O) groups excluding carboxylic acids is 2. The van der Waals surface area contributed by atoms with Crippen molar-refractivity contribution in [3.8, 4) is 5.75 Å². The molecule has 0 spiro atoms. The molecule has 1 heterocycles. The molecule has 0 saturated carbocycles. The summed E-state index contributed by atoms with van der Waals surface area (Å²) in [5.41, 5.74) is 0.363. The molecule has 1 aromatic rings. The van der Waals surface area contributed by atoms with Crippen LogP contribution >= 0.6 is 0 Å². The van der Waals surface area contributed by atoms with E-state index in [9.17, 15) is 18.4 Å². The van der Waals surface area contributed by atoms with Crippen LogP contribution in [-0.4, -0.2) is 43.6 Å². The van der Waals surface area contributed by atoms with Gasteiger partial charge >= 0.3 is 12.6 Å². The number of halogens is 2. The standard InChI is InChI=1S/C14H15F2NO4/c1-20-13(19)10-6-7-17(8-10)12(18)9-2-4-11(5-3-9)21-14(15)16/h2-5,10,14H,6-8H2,1H3. The number of carbonyl (C=O) groups is 2. The molecule has 0 bridgehead atoms. The summed E-state index contributed by atoms with van der Waals surface area (Å²) in [6, 6.07) is 5.47. The number of esters is 1. The van der Waals surface area contributed by atoms with Gasteiger partial charge < -0.3 is 14.4 Å². The maximum Gasteiger partial charge on any atom is 0.387 e. The fraction of sp³-hybridized carbons (Fsp3) is 0.429. The van der Waals surface area contributed by atoms with Gasteiger partial charge in [-0.2, -0.15) is 8.78 Å². The first-order valence-electron chi connectivity index (χ1n) is 6.43. The molecule has 1 atom stereocenters. The van der Waals surface area contributed by atoms with Crippen LogP contribution in [0.2, 0.25) is 0 Å². The van der Waals surface area contributed by atoms with Gasteiger partial charge in [0.2, 0.25) is 0 Å². The molecule has 2 rings (SSSR count). The minimum absolute atomic E-state index is 0.00425. The van der Waals surface area contributed by atoms with Crippen molar-refractivity contribution in [2.75, 3.05) is 20.2 Å². The van der Waals surface area contributed by atoms with Crippen molar-refractivity contribution in [2.45, 2.75) is 13.0 Å². The molecule has 1 aliphatic rings. The molecular weight excluding hydrogens is 284 g/mol. The van der Waals surface area contributed by atoms with Crippen LogP contribution in [0.15, 0.2) is 24.3 Å². The predicted octanol–water partition coefficient (Wildman–Crippen LogP) is 1.92. The van der Waals surface area contributed by atoms with Crippen molar-refractivity contribution < 1.29 is 27.8 Å². The third-order valence-electron chi connectivity index (χ3n) is 3.34. The van der Waals surface area contributed by atoms with Crippen LogP contribution in [0.4, 0.5) is 8.78 Å². The molecular formula is C14H15F2NO4. The quantitative estimate of drug-likeness (QED) is 0.797. The van der Waals surface area contributed by atoms with E-state index < -0.39 is 6.61 Å². The molecule has 0 N–H and O–H groups in total. The van der Waals surface area contributed by atoms with Crippen LogP contribution < -0.4 is 4.74 Å². The van der Waals surface area contributed by atoms with E-state index in [1.165, 1.54) is 31.4 Å². The Labute approximate surface area is 120 Å². The van der Waals surface area contributed by atoms with Gasteiger partial charge in [-0.1, -0.05) is 0 Å². The van der Waals surface area contributed by atoms with Crippen molar-refractivity contribution in [1.29, 1.82) is 0 Å². The maximum absolute atomic E-state index is 12.2. The molecule has 1 amide bonds. The average molecular weight is 299 g/mol. The fourth-order valence-electron chi connectivity index (χ4n) is 2.27. The van der Waals surface area contributed by atoms with E-state index in [2.05, 4.69) is 9.47 Å². The summed E-state index contributed by atoms with van der Waals surface area (Å²) in [6.07, 6.45) is 0.561. The molecule has 1 aromatic carbocycles. The molecule has 0 radical (unpaired) electrons. The van der Waals surface area contributed by atoms with Crippen molar-refractivity contribution >= 4 is 11.9 Å².